The summed E-state index contributed by atoms with van der Waals surface area (Å²) in [7, 11) is -1.13. The van der Waals surface area contributed by atoms with Crippen molar-refractivity contribution in [1.82, 2.24) is 5.32 Å². The van der Waals surface area contributed by atoms with Crippen LogP contribution in [-0.4, -0.2) is 41.1 Å². The van der Waals surface area contributed by atoms with Gasteiger partial charge in [0.2, 0.25) is 5.91 Å². The van der Waals surface area contributed by atoms with Crippen molar-refractivity contribution in [3.8, 4) is 11.5 Å². The number of ether oxygens (including phenoxy) is 2. The second-order valence-corrected chi connectivity index (χ2v) is 9.63. The summed E-state index contributed by atoms with van der Waals surface area (Å²) in [5.74, 6) is 0.548. The highest BCUT2D eigenvalue weighted by atomic mass is 32.2. The molecule has 1 heterocycles. The van der Waals surface area contributed by atoms with Gasteiger partial charge in [-0.05, 0) is 42.8 Å². The van der Waals surface area contributed by atoms with Gasteiger partial charge in [-0.3, -0.25) is 9.69 Å². The van der Waals surface area contributed by atoms with Crippen LogP contribution in [0.5, 0.6) is 11.5 Å². The van der Waals surface area contributed by atoms with E-state index in [-0.39, 0.29) is 29.4 Å². The Morgan fingerprint density at radius 2 is 1.71 bits per heavy atom. The summed E-state index contributed by atoms with van der Waals surface area (Å²) < 4.78 is 38.1. The third-order valence-electron chi connectivity index (χ3n) is 5.58. The number of aryl methyl sites for hydroxylation is 1. The molecule has 1 N–H and O–H groups in total. The predicted octanol–water partition coefficient (Wildman–Crippen LogP) is 3.46. The first-order chi connectivity index (χ1) is 16.8. The van der Waals surface area contributed by atoms with Gasteiger partial charge >= 0.3 is 6.03 Å². The number of rotatable bonds is 7. The van der Waals surface area contributed by atoms with Gasteiger partial charge in [0, 0.05) is 12.1 Å². The Morgan fingerprint density at radius 3 is 2.43 bits per heavy atom. The zero-order valence-electron chi connectivity index (χ0n) is 19.5. The molecule has 1 aliphatic rings. The summed E-state index contributed by atoms with van der Waals surface area (Å²) in [5, 5.41) is 2.77. The van der Waals surface area contributed by atoms with Crippen LogP contribution < -0.4 is 24.0 Å². The number of nitrogens with zero attached hydrogens (tertiary/aromatic N) is 2. The fraction of sp³-hybridized carbons (Fsp3) is 0.200. The third-order valence-corrected chi connectivity index (χ3v) is 7.33. The molecule has 182 valence electrons. The number of urea groups is 1. The van der Waals surface area contributed by atoms with Gasteiger partial charge in [0.05, 0.1) is 25.6 Å². The predicted molar refractivity (Wildman–Crippen MR) is 131 cm³/mol. The zero-order chi connectivity index (χ0) is 25.2. The van der Waals surface area contributed by atoms with Crippen LogP contribution in [0.2, 0.25) is 0 Å². The number of benzene rings is 3. The average Bonchev–Trinajstić information content (AvgIpc) is 2.85. The Labute approximate surface area is 203 Å². The summed E-state index contributed by atoms with van der Waals surface area (Å²) in [6, 6.07) is 17.2. The van der Waals surface area contributed by atoms with Gasteiger partial charge in [-0.15, -0.1) is 0 Å². The molecule has 0 saturated carbocycles. The van der Waals surface area contributed by atoms with E-state index < -0.39 is 22.0 Å². The molecule has 0 radical (unpaired) electrons. The molecule has 0 fully saturated rings. The van der Waals surface area contributed by atoms with Gasteiger partial charge in [0.1, 0.15) is 11.4 Å². The van der Waals surface area contributed by atoms with Gasteiger partial charge in [-0.1, -0.05) is 36.4 Å². The van der Waals surface area contributed by atoms with Gasteiger partial charge in [-0.25, -0.2) is 13.2 Å². The number of hydrogen-bond donors (Lipinski definition) is 1. The summed E-state index contributed by atoms with van der Waals surface area (Å²) >= 11 is 0. The van der Waals surface area contributed by atoms with Crippen molar-refractivity contribution in [3.63, 3.8) is 0 Å². The molecular formula is C25H25N3O6S. The van der Waals surface area contributed by atoms with E-state index in [4.69, 9.17) is 9.47 Å². The summed E-state index contributed by atoms with van der Waals surface area (Å²) in [6.45, 7) is 1.55. The second kappa shape index (κ2) is 9.67. The molecule has 3 amide bonds. The van der Waals surface area contributed by atoms with E-state index in [1.807, 2.05) is 0 Å². The lowest BCUT2D eigenvalue weighted by Gasteiger charge is -2.35. The first-order valence-corrected chi connectivity index (χ1v) is 12.2. The van der Waals surface area contributed by atoms with Crippen LogP contribution in [0.3, 0.4) is 0 Å². The molecule has 3 aromatic rings. The smallest absolute Gasteiger partial charge is 0.343 e. The van der Waals surface area contributed by atoms with E-state index in [9.17, 15) is 18.0 Å². The van der Waals surface area contributed by atoms with Crippen LogP contribution in [-0.2, 0) is 21.4 Å². The Morgan fingerprint density at radius 1 is 0.971 bits per heavy atom. The Hall–Kier alpha value is -4.05. The monoisotopic (exact) mass is 495 g/mol. The lowest BCUT2D eigenvalue weighted by Crippen LogP contribution is -2.53. The van der Waals surface area contributed by atoms with Crippen LogP contribution >= 0.6 is 0 Å². The van der Waals surface area contributed by atoms with Crippen molar-refractivity contribution in [1.29, 1.82) is 0 Å². The molecule has 4 rings (SSSR count). The zero-order valence-corrected chi connectivity index (χ0v) is 20.3. The van der Waals surface area contributed by atoms with Crippen LogP contribution in [0, 0.1) is 6.92 Å². The number of methoxy groups -OCH3 is 2. The Balaban J connectivity index is 1.63. The maximum Gasteiger partial charge on any atom is 0.343 e. The van der Waals surface area contributed by atoms with Crippen LogP contribution in [0.4, 0.5) is 16.2 Å². The van der Waals surface area contributed by atoms with Crippen molar-refractivity contribution in [2.24, 2.45) is 0 Å². The number of carbonyl (C=O) groups is 2. The minimum atomic E-state index is -4.16. The molecule has 0 spiro atoms. The fourth-order valence-electron chi connectivity index (χ4n) is 3.95. The quantitative estimate of drug-likeness (QED) is 0.538. The summed E-state index contributed by atoms with van der Waals surface area (Å²) in [5.41, 5.74) is 1.84. The van der Waals surface area contributed by atoms with Crippen molar-refractivity contribution in [3.05, 3.63) is 77.9 Å². The lowest BCUT2D eigenvalue weighted by molar-refractivity contribution is -0.119. The molecule has 3 aromatic carbocycles. The highest BCUT2D eigenvalue weighted by molar-refractivity contribution is 7.94. The highest BCUT2D eigenvalue weighted by Gasteiger charge is 2.43. The SMILES string of the molecule is COc1cccc(CNC(=O)CN2C(=O)N(c3cccc(C)c3)S(=O)(=O)c3ccccc32)c1OC. The molecule has 0 saturated heterocycles. The number of carbonyl (C=O) groups excluding carboxylic acids is 2. The maximum atomic E-state index is 13.5. The second-order valence-electron chi connectivity index (χ2n) is 7.87. The Bertz CT molecular complexity index is 1390. The van der Waals surface area contributed by atoms with Gasteiger partial charge in [0.25, 0.3) is 10.0 Å². The van der Waals surface area contributed by atoms with Crippen molar-refractivity contribution in [2.75, 3.05) is 30.0 Å². The molecule has 35 heavy (non-hydrogen) atoms. The third kappa shape index (κ3) is 4.52. The number of para-hydroxylation sites is 2. The van der Waals surface area contributed by atoms with Crippen molar-refractivity contribution >= 4 is 33.3 Å². The van der Waals surface area contributed by atoms with Crippen molar-refractivity contribution in [2.45, 2.75) is 18.4 Å². The number of hydrogen-bond acceptors (Lipinski definition) is 6. The van der Waals surface area contributed by atoms with Crippen LogP contribution in [0.15, 0.2) is 71.6 Å². The largest absolute Gasteiger partial charge is 0.493 e. The molecule has 0 aliphatic carbocycles. The first-order valence-electron chi connectivity index (χ1n) is 10.8. The van der Waals surface area contributed by atoms with E-state index in [0.717, 1.165) is 14.8 Å². The van der Waals surface area contributed by atoms with Crippen LogP contribution in [0.1, 0.15) is 11.1 Å². The standard InChI is InChI=1S/C25H25N3O6S/c1-17-8-6-10-19(14-17)28-25(30)27(20-11-4-5-13-22(20)35(28,31)32)16-23(29)26-15-18-9-7-12-21(33-2)24(18)34-3/h4-14H,15-16H2,1-3H3,(H,26,29). The van der Waals surface area contributed by atoms with Gasteiger partial charge in [0.15, 0.2) is 11.5 Å². The van der Waals surface area contributed by atoms with E-state index in [1.54, 1.807) is 61.5 Å². The Kier molecular flexibility index (Phi) is 6.65. The molecule has 0 unspecified atom stereocenters. The molecule has 0 bridgehead atoms. The fourth-order valence-corrected chi connectivity index (χ4v) is 5.54. The molecule has 0 atom stereocenters. The summed E-state index contributed by atoms with van der Waals surface area (Å²) in [4.78, 5) is 27.5. The topological polar surface area (TPSA) is 105 Å². The molecule has 0 aromatic heterocycles. The van der Waals surface area contributed by atoms with Crippen LogP contribution in [0.25, 0.3) is 0 Å². The number of nitrogens with one attached hydrogen (secondary N) is 1. The number of anilines is 2. The number of fused-ring (bicyclic) bond motifs is 1. The van der Waals surface area contributed by atoms with Gasteiger partial charge in [-0.2, -0.15) is 4.31 Å². The van der Waals surface area contributed by atoms with E-state index in [0.29, 0.717) is 17.1 Å². The van der Waals surface area contributed by atoms with Crippen molar-refractivity contribution < 1.29 is 27.5 Å². The van der Waals surface area contributed by atoms with E-state index >= 15 is 0 Å². The minimum absolute atomic E-state index is 0.0524. The summed E-state index contributed by atoms with van der Waals surface area (Å²) in [6.07, 6.45) is 0. The molecule has 10 heteroatoms. The van der Waals surface area contributed by atoms with E-state index in [1.165, 1.54) is 26.4 Å². The first kappa shape index (κ1) is 24.1. The maximum absolute atomic E-state index is 13.5. The molecule has 1 aliphatic heterocycles. The normalized spacial score (nSPS) is 14.3. The van der Waals surface area contributed by atoms with Gasteiger partial charge < -0.3 is 14.8 Å². The molecular weight excluding hydrogens is 470 g/mol. The number of sulfonamides is 1. The number of amides is 3. The van der Waals surface area contributed by atoms with E-state index in [2.05, 4.69) is 5.32 Å². The minimum Gasteiger partial charge on any atom is -0.493 e. The lowest BCUT2D eigenvalue weighted by atomic mass is 10.2. The highest BCUT2D eigenvalue weighted by Crippen LogP contribution is 2.37. The average molecular weight is 496 g/mol. The molecule has 9 nitrogen and oxygen atoms in total.